The summed E-state index contributed by atoms with van der Waals surface area (Å²) < 4.78 is 0. The maximum Gasteiger partial charge on any atom is 0.241 e. The molecule has 0 aliphatic carbocycles. The number of piperidine rings is 1. The first-order valence-electron chi connectivity index (χ1n) is 8.21. The van der Waals surface area contributed by atoms with E-state index in [1.165, 1.54) is 5.56 Å². The number of benzene rings is 1. The van der Waals surface area contributed by atoms with Crippen LogP contribution < -0.4 is 11.1 Å². The van der Waals surface area contributed by atoms with Crippen molar-refractivity contribution in [2.45, 2.75) is 46.6 Å². The van der Waals surface area contributed by atoms with Crippen molar-refractivity contribution in [1.82, 2.24) is 4.90 Å². The minimum absolute atomic E-state index is 0.00224. The summed E-state index contributed by atoms with van der Waals surface area (Å²) in [7, 11) is 0. The number of likely N-dealkylation sites (tertiary alicyclic amines) is 1. The highest BCUT2D eigenvalue weighted by Crippen LogP contribution is 2.23. The van der Waals surface area contributed by atoms with Gasteiger partial charge in [0.1, 0.15) is 0 Å². The number of rotatable bonds is 4. The molecule has 1 saturated heterocycles. The third-order valence-electron chi connectivity index (χ3n) is 4.78. The van der Waals surface area contributed by atoms with Crippen LogP contribution in [0.1, 0.15) is 36.5 Å². The molecule has 2 amide bonds. The van der Waals surface area contributed by atoms with Gasteiger partial charge in [-0.3, -0.25) is 14.5 Å². The van der Waals surface area contributed by atoms with Crippen molar-refractivity contribution >= 4 is 17.5 Å². The molecule has 1 heterocycles. The van der Waals surface area contributed by atoms with E-state index in [9.17, 15) is 9.59 Å². The van der Waals surface area contributed by atoms with Gasteiger partial charge in [-0.05, 0) is 64.8 Å². The van der Waals surface area contributed by atoms with Crippen LogP contribution in [0.2, 0.25) is 0 Å². The Morgan fingerprint density at radius 2 is 1.70 bits per heavy atom. The van der Waals surface area contributed by atoms with Gasteiger partial charge >= 0.3 is 0 Å². The number of carbonyl (C=O) groups excluding carboxylic acids is 2. The Bertz CT molecular complexity index is 581. The van der Waals surface area contributed by atoms with Crippen molar-refractivity contribution in [1.29, 1.82) is 0 Å². The second-order valence-electron chi connectivity index (χ2n) is 6.65. The van der Waals surface area contributed by atoms with Gasteiger partial charge in [0.2, 0.25) is 11.8 Å². The highest BCUT2D eigenvalue weighted by Gasteiger charge is 2.29. The molecule has 1 fully saturated rings. The quantitative estimate of drug-likeness (QED) is 0.893. The highest BCUT2D eigenvalue weighted by atomic mass is 16.2. The monoisotopic (exact) mass is 317 g/mol. The first-order valence-corrected chi connectivity index (χ1v) is 8.21. The third kappa shape index (κ3) is 4.10. The van der Waals surface area contributed by atoms with Crippen molar-refractivity contribution in [3.05, 3.63) is 28.8 Å². The van der Waals surface area contributed by atoms with Crippen molar-refractivity contribution in [2.75, 3.05) is 18.4 Å². The Hall–Kier alpha value is -1.88. The number of nitrogens with zero attached hydrogens (tertiary/aromatic N) is 1. The number of primary amides is 1. The molecular formula is C18H27N3O2. The van der Waals surface area contributed by atoms with Crippen LogP contribution in [-0.2, 0) is 9.59 Å². The molecule has 1 aliphatic heterocycles. The molecule has 5 heteroatoms. The van der Waals surface area contributed by atoms with E-state index in [1.54, 1.807) is 0 Å². The lowest BCUT2D eigenvalue weighted by Crippen LogP contribution is -2.47. The number of nitrogens with two attached hydrogens (primary N) is 1. The van der Waals surface area contributed by atoms with Crippen LogP contribution in [0.5, 0.6) is 0 Å². The largest absolute Gasteiger partial charge is 0.369 e. The van der Waals surface area contributed by atoms with Gasteiger partial charge in [-0.15, -0.1) is 0 Å². The summed E-state index contributed by atoms with van der Waals surface area (Å²) in [6, 6.07) is 3.93. The summed E-state index contributed by atoms with van der Waals surface area (Å²) in [6.07, 6.45) is 1.46. The van der Waals surface area contributed by atoms with Gasteiger partial charge in [0.15, 0.2) is 0 Å². The molecule has 1 atom stereocenters. The molecule has 126 valence electrons. The molecule has 23 heavy (non-hydrogen) atoms. The molecule has 0 aromatic heterocycles. The highest BCUT2D eigenvalue weighted by molar-refractivity contribution is 5.96. The van der Waals surface area contributed by atoms with E-state index in [1.807, 2.05) is 20.8 Å². The Labute approximate surface area is 138 Å². The second-order valence-corrected chi connectivity index (χ2v) is 6.65. The van der Waals surface area contributed by atoms with Gasteiger partial charge in [0, 0.05) is 11.6 Å². The topological polar surface area (TPSA) is 75.4 Å². The van der Waals surface area contributed by atoms with E-state index in [-0.39, 0.29) is 23.8 Å². The molecule has 0 saturated carbocycles. The van der Waals surface area contributed by atoms with Gasteiger partial charge < -0.3 is 11.1 Å². The molecule has 1 aliphatic rings. The summed E-state index contributed by atoms with van der Waals surface area (Å²) in [5.41, 5.74) is 9.61. The van der Waals surface area contributed by atoms with E-state index in [0.717, 1.165) is 42.7 Å². The number of anilines is 1. The molecule has 0 radical (unpaired) electrons. The van der Waals surface area contributed by atoms with Crippen LogP contribution in [0, 0.1) is 26.7 Å². The smallest absolute Gasteiger partial charge is 0.241 e. The number of aryl methyl sites for hydroxylation is 3. The molecule has 2 rings (SSSR count). The molecule has 1 aromatic rings. The predicted molar refractivity (Wildman–Crippen MR) is 92.2 cm³/mol. The van der Waals surface area contributed by atoms with Crippen LogP contribution >= 0.6 is 0 Å². The van der Waals surface area contributed by atoms with Crippen LogP contribution in [0.15, 0.2) is 12.1 Å². The molecule has 5 nitrogen and oxygen atoms in total. The standard InChI is InChI=1S/C18H27N3O2/c1-11-9-12(2)16(13(3)10-11)20-18(23)14(4)21-7-5-15(6-8-21)17(19)22/h9-10,14-15H,5-8H2,1-4H3,(H2,19,22)(H,20,23)/t14-/m1/s1. The van der Waals surface area contributed by atoms with E-state index >= 15 is 0 Å². The van der Waals surface area contributed by atoms with Gasteiger partial charge in [-0.25, -0.2) is 0 Å². The molecule has 0 bridgehead atoms. The molecular weight excluding hydrogens is 290 g/mol. The average Bonchev–Trinajstić information content (AvgIpc) is 2.50. The summed E-state index contributed by atoms with van der Waals surface area (Å²) in [5.74, 6) is -0.284. The molecule has 0 spiro atoms. The normalized spacial score (nSPS) is 17.7. The number of hydrogen-bond donors (Lipinski definition) is 2. The SMILES string of the molecule is Cc1cc(C)c(NC(=O)[C@@H](C)N2CCC(C(N)=O)CC2)c(C)c1. The average molecular weight is 317 g/mol. The zero-order valence-corrected chi connectivity index (χ0v) is 14.5. The van der Waals surface area contributed by atoms with Gasteiger partial charge in [0.25, 0.3) is 0 Å². The summed E-state index contributed by atoms with van der Waals surface area (Å²) in [6.45, 7) is 9.45. The van der Waals surface area contributed by atoms with E-state index in [4.69, 9.17) is 5.73 Å². The van der Waals surface area contributed by atoms with Crippen molar-refractivity contribution < 1.29 is 9.59 Å². The van der Waals surface area contributed by atoms with E-state index < -0.39 is 0 Å². The Balaban J connectivity index is 2.00. The third-order valence-corrected chi connectivity index (χ3v) is 4.78. The van der Waals surface area contributed by atoms with Crippen LogP contribution in [0.25, 0.3) is 0 Å². The lowest BCUT2D eigenvalue weighted by molar-refractivity contribution is -0.124. The fourth-order valence-corrected chi connectivity index (χ4v) is 3.34. The van der Waals surface area contributed by atoms with Crippen molar-refractivity contribution in [3.8, 4) is 0 Å². The molecule has 3 N–H and O–H groups in total. The van der Waals surface area contributed by atoms with Crippen molar-refractivity contribution in [3.63, 3.8) is 0 Å². The summed E-state index contributed by atoms with van der Waals surface area (Å²) in [5, 5.41) is 3.06. The first kappa shape index (κ1) is 17.5. The fraction of sp³-hybridized carbons (Fsp3) is 0.556. The fourth-order valence-electron chi connectivity index (χ4n) is 3.34. The summed E-state index contributed by atoms with van der Waals surface area (Å²) in [4.78, 5) is 25.9. The Kier molecular flexibility index (Phi) is 5.42. The summed E-state index contributed by atoms with van der Waals surface area (Å²) >= 11 is 0. The minimum Gasteiger partial charge on any atom is -0.369 e. The van der Waals surface area contributed by atoms with Gasteiger partial charge in [0.05, 0.1) is 6.04 Å². The second kappa shape index (κ2) is 7.13. The van der Waals surface area contributed by atoms with Gasteiger partial charge in [-0.2, -0.15) is 0 Å². The number of carbonyl (C=O) groups is 2. The van der Waals surface area contributed by atoms with Crippen LogP contribution in [0.4, 0.5) is 5.69 Å². The van der Waals surface area contributed by atoms with Crippen LogP contribution in [-0.4, -0.2) is 35.8 Å². The maximum atomic E-state index is 12.6. The van der Waals surface area contributed by atoms with Crippen molar-refractivity contribution in [2.24, 2.45) is 11.7 Å². The van der Waals surface area contributed by atoms with E-state index in [0.29, 0.717) is 0 Å². The molecule has 0 unspecified atom stereocenters. The van der Waals surface area contributed by atoms with Crippen LogP contribution in [0.3, 0.4) is 0 Å². The number of nitrogens with one attached hydrogen (secondary N) is 1. The zero-order chi connectivity index (χ0) is 17.1. The minimum atomic E-state index is -0.229. The first-order chi connectivity index (χ1) is 10.8. The maximum absolute atomic E-state index is 12.6. The Morgan fingerprint density at radius 1 is 1.17 bits per heavy atom. The van der Waals surface area contributed by atoms with Gasteiger partial charge in [-0.1, -0.05) is 17.7 Å². The molecule has 1 aromatic carbocycles. The van der Waals surface area contributed by atoms with E-state index in [2.05, 4.69) is 29.3 Å². The lowest BCUT2D eigenvalue weighted by Gasteiger charge is -2.34. The number of hydrogen-bond acceptors (Lipinski definition) is 3. The number of amides is 2. The lowest BCUT2D eigenvalue weighted by atomic mass is 9.95. The Morgan fingerprint density at radius 3 is 2.17 bits per heavy atom. The predicted octanol–water partition coefficient (Wildman–Crippen LogP) is 2.14. The zero-order valence-electron chi connectivity index (χ0n) is 14.5.